The van der Waals surface area contributed by atoms with E-state index in [2.05, 4.69) is 14.5 Å². The lowest BCUT2D eigenvalue weighted by molar-refractivity contribution is -0.159. The second-order valence-electron chi connectivity index (χ2n) is 3.64. The minimum Gasteiger partial charge on any atom is -0.465 e. The third-order valence-corrected chi connectivity index (χ3v) is 2.35. The monoisotopic (exact) mass is 269 g/mol. The number of pyridine rings is 1. The first-order valence-electron chi connectivity index (χ1n) is 5.57. The average Bonchev–Trinajstić information content (AvgIpc) is 2.45. The molecule has 1 aromatic heterocycles. The van der Waals surface area contributed by atoms with E-state index >= 15 is 0 Å². The first-order chi connectivity index (χ1) is 9.01. The minimum absolute atomic E-state index is 0.0864. The van der Waals surface area contributed by atoms with Crippen molar-refractivity contribution in [2.75, 3.05) is 13.7 Å². The molecule has 19 heavy (non-hydrogen) atoms. The molecule has 0 amide bonds. The van der Waals surface area contributed by atoms with Crippen molar-refractivity contribution < 1.29 is 29.3 Å². The Morgan fingerprint density at radius 1 is 1.37 bits per heavy atom. The second-order valence-corrected chi connectivity index (χ2v) is 3.64. The topological polar surface area (TPSA) is 106 Å². The van der Waals surface area contributed by atoms with Crippen molar-refractivity contribution in [2.24, 2.45) is 0 Å². The van der Waals surface area contributed by atoms with Crippen molar-refractivity contribution >= 4 is 11.9 Å². The van der Waals surface area contributed by atoms with Gasteiger partial charge in [0.1, 0.15) is 6.10 Å². The first kappa shape index (κ1) is 15.1. The molecular weight excluding hydrogens is 254 g/mol. The summed E-state index contributed by atoms with van der Waals surface area (Å²) in [6, 6.07) is 1.28. The van der Waals surface area contributed by atoms with E-state index in [0.717, 1.165) is 0 Å². The van der Waals surface area contributed by atoms with Crippen molar-refractivity contribution in [1.29, 1.82) is 0 Å². The molecule has 7 heteroatoms. The normalized spacial score (nSPS) is 13.5. The number of hydrogen-bond donors (Lipinski definition) is 2. The Kier molecular flexibility index (Phi) is 5.40. The van der Waals surface area contributed by atoms with Gasteiger partial charge in [0.2, 0.25) is 0 Å². The van der Waals surface area contributed by atoms with Crippen molar-refractivity contribution in [1.82, 2.24) is 4.98 Å². The fourth-order valence-corrected chi connectivity index (χ4v) is 1.39. The Hall–Kier alpha value is -1.99. The zero-order valence-electron chi connectivity index (χ0n) is 10.6. The van der Waals surface area contributed by atoms with Crippen molar-refractivity contribution in [3.63, 3.8) is 0 Å². The number of ether oxygens (including phenoxy) is 2. The molecule has 104 valence electrons. The number of aliphatic hydroxyl groups is 2. The van der Waals surface area contributed by atoms with Gasteiger partial charge >= 0.3 is 11.9 Å². The summed E-state index contributed by atoms with van der Waals surface area (Å²) < 4.78 is 9.09. The molecule has 1 rings (SSSR count). The highest BCUT2D eigenvalue weighted by molar-refractivity contribution is 5.89. The number of hydrogen-bond acceptors (Lipinski definition) is 7. The lowest BCUT2D eigenvalue weighted by Gasteiger charge is -2.16. The predicted molar refractivity (Wildman–Crippen MR) is 63.2 cm³/mol. The molecule has 0 aromatic carbocycles. The Balaban J connectivity index is 2.90. The molecule has 0 saturated heterocycles. The highest BCUT2D eigenvalue weighted by Crippen LogP contribution is 2.18. The summed E-state index contributed by atoms with van der Waals surface area (Å²) in [6.07, 6.45) is -0.788. The Morgan fingerprint density at radius 3 is 2.63 bits per heavy atom. The van der Waals surface area contributed by atoms with E-state index in [1.165, 1.54) is 25.6 Å². The molecule has 1 aromatic rings. The maximum atomic E-state index is 11.3. The fourth-order valence-electron chi connectivity index (χ4n) is 1.39. The molecule has 0 radical (unpaired) electrons. The highest BCUT2D eigenvalue weighted by Gasteiger charge is 2.27. The van der Waals surface area contributed by atoms with Crippen LogP contribution in [0.15, 0.2) is 18.5 Å². The van der Waals surface area contributed by atoms with Gasteiger partial charge in [0.15, 0.2) is 6.10 Å². The molecular formula is C12H15NO6. The van der Waals surface area contributed by atoms with Crippen LogP contribution in [0.4, 0.5) is 0 Å². The number of aromatic nitrogens is 1. The van der Waals surface area contributed by atoms with E-state index < -0.39 is 24.1 Å². The zero-order chi connectivity index (χ0) is 14.4. The van der Waals surface area contributed by atoms with E-state index in [1.807, 2.05) is 0 Å². The summed E-state index contributed by atoms with van der Waals surface area (Å²) in [5.41, 5.74) is 0.221. The van der Waals surface area contributed by atoms with Gasteiger partial charge in [-0.05, 0) is 13.0 Å². The summed E-state index contributed by atoms with van der Waals surface area (Å²) >= 11 is 0. The van der Waals surface area contributed by atoms with Gasteiger partial charge in [-0.2, -0.15) is 0 Å². The lowest BCUT2D eigenvalue weighted by Crippen LogP contribution is -2.30. The van der Waals surface area contributed by atoms with Gasteiger partial charge in [-0.3, -0.25) is 4.98 Å². The molecule has 0 fully saturated rings. The van der Waals surface area contributed by atoms with Gasteiger partial charge < -0.3 is 19.7 Å². The van der Waals surface area contributed by atoms with E-state index in [-0.39, 0.29) is 17.7 Å². The Labute approximate surface area is 109 Å². The Bertz CT molecular complexity index is 461. The summed E-state index contributed by atoms with van der Waals surface area (Å²) in [7, 11) is 1.21. The van der Waals surface area contributed by atoms with Crippen molar-refractivity contribution in [2.45, 2.75) is 19.1 Å². The average molecular weight is 269 g/mol. The van der Waals surface area contributed by atoms with Gasteiger partial charge in [0.05, 0.1) is 19.3 Å². The minimum atomic E-state index is -1.74. The predicted octanol–water partition coefficient (Wildman–Crippen LogP) is -0.174. The molecule has 2 unspecified atom stereocenters. The van der Waals surface area contributed by atoms with Crippen molar-refractivity contribution in [3.8, 4) is 0 Å². The van der Waals surface area contributed by atoms with Crippen LogP contribution in [-0.4, -0.2) is 47.0 Å². The van der Waals surface area contributed by atoms with Gasteiger partial charge in [-0.15, -0.1) is 0 Å². The molecule has 0 aliphatic heterocycles. The molecule has 0 bridgehead atoms. The number of rotatable bonds is 5. The number of methoxy groups -OCH3 is 1. The highest BCUT2D eigenvalue weighted by atomic mass is 16.5. The molecule has 0 saturated carbocycles. The van der Waals surface area contributed by atoms with E-state index in [4.69, 9.17) is 0 Å². The number of aliphatic hydroxyl groups excluding tert-OH is 2. The van der Waals surface area contributed by atoms with E-state index in [9.17, 15) is 19.8 Å². The molecule has 0 aliphatic rings. The maximum Gasteiger partial charge on any atom is 0.339 e. The smallest absolute Gasteiger partial charge is 0.339 e. The third kappa shape index (κ3) is 3.73. The Morgan fingerprint density at radius 2 is 2.05 bits per heavy atom. The maximum absolute atomic E-state index is 11.3. The first-order valence-corrected chi connectivity index (χ1v) is 5.57. The van der Waals surface area contributed by atoms with Crippen LogP contribution in [0.25, 0.3) is 0 Å². The van der Waals surface area contributed by atoms with Gasteiger partial charge in [-0.1, -0.05) is 0 Å². The van der Waals surface area contributed by atoms with E-state index in [0.29, 0.717) is 0 Å². The van der Waals surface area contributed by atoms with Crippen LogP contribution in [0.5, 0.6) is 0 Å². The van der Waals surface area contributed by atoms with Gasteiger partial charge in [-0.25, -0.2) is 9.59 Å². The van der Waals surface area contributed by atoms with Crippen molar-refractivity contribution in [3.05, 3.63) is 29.6 Å². The summed E-state index contributed by atoms with van der Waals surface area (Å²) in [4.78, 5) is 26.3. The standard InChI is InChI=1S/C12H15NO6/c1-3-19-12(17)10(15)9(14)7-4-8(6-13-5-7)11(16)18-2/h4-6,9-10,14-15H,3H2,1-2H3. The molecule has 1 heterocycles. The quantitative estimate of drug-likeness (QED) is 0.714. The lowest BCUT2D eigenvalue weighted by atomic mass is 10.0. The van der Waals surface area contributed by atoms with Crippen LogP contribution >= 0.6 is 0 Å². The van der Waals surface area contributed by atoms with Crippen LogP contribution < -0.4 is 0 Å². The van der Waals surface area contributed by atoms with Crippen LogP contribution in [0.2, 0.25) is 0 Å². The summed E-state index contributed by atoms with van der Waals surface area (Å²) in [5, 5.41) is 19.4. The SMILES string of the molecule is CCOC(=O)C(O)C(O)c1cncc(C(=O)OC)c1. The van der Waals surface area contributed by atoms with E-state index in [1.54, 1.807) is 6.92 Å². The largest absolute Gasteiger partial charge is 0.465 e. The number of nitrogens with zero attached hydrogens (tertiary/aromatic N) is 1. The summed E-state index contributed by atoms with van der Waals surface area (Å²) in [6.45, 7) is 1.67. The molecule has 0 spiro atoms. The number of carbonyl (C=O) groups is 2. The molecule has 7 nitrogen and oxygen atoms in total. The van der Waals surface area contributed by atoms with Crippen LogP contribution in [0.1, 0.15) is 28.9 Å². The van der Waals surface area contributed by atoms with Gasteiger partial charge in [0, 0.05) is 18.0 Å². The van der Waals surface area contributed by atoms with Crippen LogP contribution in [0.3, 0.4) is 0 Å². The zero-order valence-corrected chi connectivity index (χ0v) is 10.6. The summed E-state index contributed by atoms with van der Waals surface area (Å²) in [5.74, 6) is -1.58. The van der Waals surface area contributed by atoms with Gasteiger partial charge in [0.25, 0.3) is 0 Å². The second kappa shape index (κ2) is 6.81. The molecule has 0 aliphatic carbocycles. The number of esters is 2. The molecule has 2 atom stereocenters. The fraction of sp³-hybridized carbons (Fsp3) is 0.417. The van der Waals surface area contributed by atoms with Crippen LogP contribution in [0, 0.1) is 0 Å². The molecule has 2 N–H and O–H groups in total. The third-order valence-electron chi connectivity index (χ3n) is 2.35. The number of carbonyl (C=O) groups excluding carboxylic acids is 2. The van der Waals surface area contributed by atoms with Crippen LogP contribution in [-0.2, 0) is 14.3 Å².